The SMILES string of the molecule is CCCNCCC[C@@H](C)[C@H]1CC[C@@]2(C)[C@@H]3CC=C4[C@@H](CC[C@H](O)C4(C)C)[C@]3(C)[C@H](O)C[C@]12C. The molecule has 9 atom stereocenters. The second-order valence-corrected chi connectivity index (χ2v) is 13.8. The van der Waals surface area contributed by atoms with Gasteiger partial charge < -0.3 is 15.5 Å². The van der Waals surface area contributed by atoms with E-state index in [0.29, 0.717) is 17.8 Å². The molecule has 4 aliphatic carbocycles. The highest BCUT2D eigenvalue weighted by atomic mass is 16.3. The molecule has 0 aromatic carbocycles. The smallest absolute Gasteiger partial charge is 0.0628 e. The Morgan fingerprint density at radius 1 is 1.00 bits per heavy atom. The summed E-state index contributed by atoms with van der Waals surface area (Å²) in [5.41, 5.74) is 1.69. The van der Waals surface area contributed by atoms with Crippen LogP contribution in [0.4, 0.5) is 0 Å². The van der Waals surface area contributed by atoms with Gasteiger partial charge in [0, 0.05) is 10.8 Å². The predicted octanol–water partition coefficient (Wildman–Crippen LogP) is 6.34. The van der Waals surface area contributed by atoms with Crippen molar-refractivity contribution in [3.63, 3.8) is 0 Å². The molecule has 0 spiro atoms. The van der Waals surface area contributed by atoms with Gasteiger partial charge in [-0.05, 0) is 105 Å². The lowest BCUT2D eigenvalue weighted by Gasteiger charge is -2.67. The van der Waals surface area contributed by atoms with E-state index >= 15 is 0 Å². The number of hydrogen-bond donors (Lipinski definition) is 3. The van der Waals surface area contributed by atoms with Gasteiger partial charge in [0.1, 0.15) is 0 Å². The normalized spacial score (nSPS) is 47.3. The van der Waals surface area contributed by atoms with Crippen molar-refractivity contribution >= 4 is 0 Å². The zero-order valence-corrected chi connectivity index (χ0v) is 22.7. The van der Waals surface area contributed by atoms with Crippen LogP contribution < -0.4 is 5.32 Å². The number of aliphatic hydroxyl groups excluding tert-OH is 2. The predicted molar refractivity (Wildman–Crippen MR) is 138 cm³/mol. The third kappa shape index (κ3) is 3.70. The topological polar surface area (TPSA) is 52.5 Å². The first-order valence-electron chi connectivity index (χ1n) is 14.2. The van der Waals surface area contributed by atoms with Gasteiger partial charge >= 0.3 is 0 Å². The molecule has 0 radical (unpaired) electrons. The summed E-state index contributed by atoms with van der Waals surface area (Å²) in [4.78, 5) is 0. The Bertz CT molecular complexity index is 746. The molecule has 0 saturated heterocycles. The van der Waals surface area contributed by atoms with E-state index in [4.69, 9.17) is 0 Å². The maximum Gasteiger partial charge on any atom is 0.0628 e. The van der Waals surface area contributed by atoms with E-state index in [1.54, 1.807) is 0 Å². The zero-order valence-electron chi connectivity index (χ0n) is 22.7. The Hall–Kier alpha value is -0.380. The number of hydrogen-bond acceptors (Lipinski definition) is 3. The summed E-state index contributed by atoms with van der Waals surface area (Å²) in [6.07, 6.45) is 12.3. The summed E-state index contributed by atoms with van der Waals surface area (Å²) in [6.45, 7) is 19.0. The van der Waals surface area contributed by atoms with Crippen LogP contribution in [0.1, 0.15) is 106 Å². The molecule has 0 unspecified atom stereocenters. The van der Waals surface area contributed by atoms with E-state index in [2.05, 4.69) is 59.9 Å². The fourth-order valence-corrected chi connectivity index (χ4v) is 9.71. The van der Waals surface area contributed by atoms with Crippen molar-refractivity contribution in [3.05, 3.63) is 11.6 Å². The lowest BCUT2D eigenvalue weighted by Crippen LogP contribution is -2.64. The number of aliphatic hydroxyl groups is 2. The van der Waals surface area contributed by atoms with Gasteiger partial charge in [-0.1, -0.05) is 60.1 Å². The van der Waals surface area contributed by atoms with Crippen molar-refractivity contribution in [2.45, 2.75) is 118 Å². The lowest BCUT2D eigenvalue weighted by molar-refractivity contribution is -0.204. The summed E-state index contributed by atoms with van der Waals surface area (Å²) in [6, 6.07) is 0. The van der Waals surface area contributed by atoms with E-state index in [0.717, 1.165) is 44.7 Å². The van der Waals surface area contributed by atoms with Crippen LogP contribution in [0.2, 0.25) is 0 Å². The molecule has 4 aliphatic rings. The van der Waals surface area contributed by atoms with E-state index in [9.17, 15) is 10.2 Å². The molecule has 33 heavy (non-hydrogen) atoms. The number of allylic oxidation sites excluding steroid dienone is 1. The van der Waals surface area contributed by atoms with Gasteiger partial charge in [0.2, 0.25) is 0 Å². The average molecular weight is 460 g/mol. The lowest BCUT2D eigenvalue weighted by atomic mass is 9.38. The Labute approximate surface area is 204 Å². The van der Waals surface area contributed by atoms with Gasteiger partial charge in [0.25, 0.3) is 0 Å². The first kappa shape index (κ1) is 25.7. The van der Waals surface area contributed by atoms with Crippen LogP contribution in [0.5, 0.6) is 0 Å². The van der Waals surface area contributed by atoms with Gasteiger partial charge in [-0.15, -0.1) is 0 Å². The Balaban J connectivity index is 1.59. The molecule has 190 valence electrons. The molecular weight excluding hydrogens is 406 g/mol. The number of rotatable bonds is 7. The average Bonchev–Trinajstić information content (AvgIpc) is 3.02. The van der Waals surface area contributed by atoms with Crippen LogP contribution >= 0.6 is 0 Å². The molecule has 4 rings (SSSR count). The third-order valence-electron chi connectivity index (χ3n) is 12.1. The second kappa shape index (κ2) is 8.93. The molecule has 3 saturated carbocycles. The standard InChI is InChI=1S/C30H53NO2/c1-8-17-31-18-9-10-20(2)21-15-16-28(5)24-13-11-22-23(12-14-25(32)27(22,3)4)30(24,7)26(33)19-29(21,28)6/h11,20-21,23-26,31-33H,8-10,12-19H2,1-7H3/t20-,21-,23-,24+,25+,26-,28+,29-,30+/m1/s1. The van der Waals surface area contributed by atoms with E-state index in [-0.39, 0.29) is 33.9 Å². The highest BCUT2D eigenvalue weighted by Crippen LogP contribution is 2.74. The number of fused-ring (bicyclic) bond motifs is 5. The summed E-state index contributed by atoms with van der Waals surface area (Å²) < 4.78 is 0. The summed E-state index contributed by atoms with van der Waals surface area (Å²) >= 11 is 0. The molecule has 3 N–H and O–H groups in total. The zero-order chi connectivity index (χ0) is 24.2. The molecule has 0 amide bonds. The minimum Gasteiger partial charge on any atom is -0.393 e. The summed E-state index contributed by atoms with van der Waals surface area (Å²) in [5, 5.41) is 26.3. The van der Waals surface area contributed by atoms with Crippen LogP contribution in [0.25, 0.3) is 0 Å². The van der Waals surface area contributed by atoms with Gasteiger partial charge in [0.15, 0.2) is 0 Å². The van der Waals surface area contributed by atoms with Crippen LogP contribution in [-0.2, 0) is 0 Å². The first-order valence-corrected chi connectivity index (χ1v) is 14.2. The van der Waals surface area contributed by atoms with Crippen LogP contribution in [0.15, 0.2) is 11.6 Å². The maximum absolute atomic E-state index is 11.9. The minimum absolute atomic E-state index is 0.0715. The molecular formula is C30H53NO2. The second-order valence-electron chi connectivity index (χ2n) is 13.8. The van der Waals surface area contributed by atoms with Crippen LogP contribution in [-0.4, -0.2) is 35.5 Å². The van der Waals surface area contributed by atoms with Crippen molar-refractivity contribution in [1.29, 1.82) is 0 Å². The molecule has 0 aromatic rings. The molecule has 0 heterocycles. The summed E-state index contributed by atoms with van der Waals surface area (Å²) in [7, 11) is 0. The van der Waals surface area contributed by atoms with Crippen LogP contribution in [0, 0.1) is 45.3 Å². The molecule has 0 bridgehead atoms. The van der Waals surface area contributed by atoms with E-state index in [1.807, 2.05) is 0 Å². The van der Waals surface area contributed by atoms with Crippen molar-refractivity contribution in [2.75, 3.05) is 13.1 Å². The largest absolute Gasteiger partial charge is 0.393 e. The highest BCUT2D eigenvalue weighted by molar-refractivity contribution is 5.31. The minimum atomic E-state index is -0.259. The fourth-order valence-electron chi connectivity index (χ4n) is 9.71. The van der Waals surface area contributed by atoms with Gasteiger partial charge in [-0.2, -0.15) is 0 Å². The van der Waals surface area contributed by atoms with Gasteiger partial charge in [0.05, 0.1) is 12.2 Å². The Kier molecular flexibility index (Phi) is 6.96. The first-order chi connectivity index (χ1) is 15.4. The van der Waals surface area contributed by atoms with Crippen molar-refractivity contribution in [2.24, 2.45) is 45.3 Å². The Morgan fingerprint density at radius 2 is 1.73 bits per heavy atom. The van der Waals surface area contributed by atoms with E-state index < -0.39 is 0 Å². The molecule has 3 heteroatoms. The quantitative estimate of drug-likeness (QED) is 0.307. The molecule has 3 nitrogen and oxygen atoms in total. The fraction of sp³-hybridized carbons (Fsp3) is 0.933. The van der Waals surface area contributed by atoms with Gasteiger partial charge in [-0.3, -0.25) is 0 Å². The Morgan fingerprint density at radius 3 is 2.42 bits per heavy atom. The molecule has 3 fully saturated rings. The summed E-state index contributed by atoms with van der Waals surface area (Å²) in [5.74, 6) is 2.37. The molecule has 0 aliphatic heterocycles. The van der Waals surface area contributed by atoms with Crippen molar-refractivity contribution in [1.82, 2.24) is 5.32 Å². The highest BCUT2D eigenvalue weighted by Gasteiger charge is 2.70. The van der Waals surface area contributed by atoms with Crippen LogP contribution in [0.3, 0.4) is 0 Å². The van der Waals surface area contributed by atoms with Gasteiger partial charge in [-0.25, -0.2) is 0 Å². The maximum atomic E-state index is 11.9. The van der Waals surface area contributed by atoms with Crippen molar-refractivity contribution < 1.29 is 10.2 Å². The monoisotopic (exact) mass is 459 g/mol. The van der Waals surface area contributed by atoms with Crippen molar-refractivity contribution in [3.8, 4) is 0 Å². The third-order valence-corrected chi connectivity index (χ3v) is 12.1. The van der Waals surface area contributed by atoms with E-state index in [1.165, 1.54) is 37.7 Å². The molecule has 0 aromatic heterocycles. The number of nitrogens with one attached hydrogen (secondary N) is 1.